The number of amides is 2. The molecule has 1 saturated heterocycles. The first-order valence-electron chi connectivity index (χ1n) is 12.6. The maximum atomic E-state index is 13.7. The Hall–Kier alpha value is -3.39. The summed E-state index contributed by atoms with van der Waals surface area (Å²) in [6.07, 6.45) is 4.57. The first-order chi connectivity index (χ1) is 17.2. The minimum absolute atomic E-state index is 0.0711. The van der Waals surface area contributed by atoms with E-state index < -0.39 is 17.7 Å². The molecule has 2 amide bonds. The van der Waals surface area contributed by atoms with Crippen LogP contribution in [0.25, 0.3) is 10.9 Å². The summed E-state index contributed by atoms with van der Waals surface area (Å²) >= 11 is 0. The molecule has 1 aliphatic heterocycles. The van der Waals surface area contributed by atoms with Crippen LogP contribution in [0, 0.1) is 0 Å². The lowest BCUT2D eigenvalue weighted by atomic mass is 10.0. The van der Waals surface area contributed by atoms with E-state index in [4.69, 9.17) is 4.74 Å². The van der Waals surface area contributed by atoms with Crippen LogP contribution in [0.15, 0.2) is 54.9 Å². The average Bonchev–Trinajstić information content (AvgIpc) is 3.17. The molecular formula is C28H37N5O3. The Morgan fingerprint density at radius 1 is 1.06 bits per heavy atom. The fraction of sp³-hybridized carbons (Fsp3) is 0.464. The number of nitrogens with zero attached hydrogens (tertiary/aromatic N) is 4. The molecule has 8 nitrogen and oxygen atoms in total. The van der Waals surface area contributed by atoms with E-state index in [-0.39, 0.29) is 5.91 Å². The first-order valence-corrected chi connectivity index (χ1v) is 12.6. The third-order valence-corrected chi connectivity index (χ3v) is 6.49. The number of hydrogen-bond acceptors (Lipinski definition) is 5. The van der Waals surface area contributed by atoms with E-state index in [0.717, 1.165) is 48.2 Å². The van der Waals surface area contributed by atoms with Crippen molar-refractivity contribution in [2.75, 3.05) is 32.7 Å². The van der Waals surface area contributed by atoms with E-state index in [0.29, 0.717) is 19.5 Å². The number of nitrogens with one attached hydrogen (secondary N) is 1. The number of para-hydroxylation sites is 1. The monoisotopic (exact) mass is 491 g/mol. The van der Waals surface area contributed by atoms with Crippen molar-refractivity contribution in [3.63, 3.8) is 0 Å². The summed E-state index contributed by atoms with van der Waals surface area (Å²) in [6, 6.07) is 13.4. The molecule has 1 N–H and O–H groups in total. The molecule has 0 saturated carbocycles. The Kier molecular flexibility index (Phi) is 7.94. The number of pyridine rings is 1. The Balaban J connectivity index is 1.43. The summed E-state index contributed by atoms with van der Waals surface area (Å²) in [5.74, 6) is -0.0711. The number of carbonyl (C=O) groups excluding carboxylic acids is 2. The van der Waals surface area contributed by atoms with Crippen molar-refractivity contribution in [1.29, 1.82) is 0 Å². The summed E-state index contributed by atoms with van der Waals surface area (Å²) in [6.45, 7) is 9.22. The number of hydrogen-bond donors (Lipinski definition) is 1. The van der Waals surface area contributed by atoms with E-state index in [1.54, 1.807) is 0 Å². The van der Waals surface area contributed by atoms with Gasteiger partial charge in [0, 0.05) is 81.6 Å². The van der Waals surface area contributed by atoms with Crippen LogP contribution in [0.1, 0.15) is 32.0 Å². The van der Waals surface area contributed by atoms with Gasteiger partial charge in [0.25, 0.3) is 0 Å². The molecule has 4 rings (SSSR count). The fourth-order valence-corrected chi connectivity index (χ4v) is 4.69. The lowest BCUT2D eigenvalue weighted by Gasteiger charge is -2.36. The Bertz CT molecular complexity index is 1180. The normalized spacial score (nSPS) is 15.6. The number of aryl methyl sites for hydroxylation is 1. The van der Waals surface area contributed by atoms with Crippen molar-refractivity contribution in [1.82, 2.24) is 24.7 Å². The number of ether oxygens (including phenoxy) is 1. The third-order valence-electron chi connectivity index (χ3n) is 6.49. The average molecular weight is 492 g/mol. The number of rotatable bonds is 7. The lowest BCUT2D eigenvalue weighted by Crippen LogP contribution is -2.56. The van der Waals surface area contributed by atoms with E-state index >= 15 is 0 Å². The number of alkyl carbamates (subject to hydrolysis) is 1. The summed E-state index contributed by atoms with van der Waals surface area (Å²) in [7, 11) is 1.99. The zero-order valence-electron chi connectivity index (χ0n) is 21.7. The number of benzene rings is 1. The molecule has 8 heteroatoms. The zero-order chi connectivity index (χ0) is 25.7. The van der Waals surface area contributed by atoms with Crippen LogP contribution in [0.2, 0.25) is 0 Å². The van der Waals surface area contributed by atoms with Crippen LogP contribution < -0.4 is 5.32 Å². The van der Waals surface area contributed by atoms with Gasteiger partial charge in [-0.05, 0) is 44.5 Å². The molecule has 1 aromatic carbocycles. The van der Waals surface area contributed by atoms with E-state index in [1.807, 2.05) is 75.4 Å². The minimum atomic E-state index is -0.703. The van der Waals surface area contributed by atoms with Crippen molar-refractivity contribution in [3.8, 4) is 0 Å². The van der Waals surface area contributed by atoms with Gasteiger partial charge in [-0.15, -0.1) is 0 Å². The third kappa shape index (κ3) is 6.63. The second-order valence-electron chi connectivity index (χ2n) is 10.4. The largest absolute Gasteiger partial charge is 0.444 e. The SMILES string of the molecule is Cn1cc(C[C@H](NC(=O)OC(C)(C)C)C(=O)N2CCN(CCc3ccccn3)CC2)c2ccccc21. The Morgan fingerprint density at radius 2 is 1.78 bits per heavy atom. The molecule has 36 heavy (non-hydrogen) atoms. The van der Waals surface area contributed by atoms with Crippen LogP contribution in [-0.2, 0) is 29.4 Å². The lowest BCUT2D eigenvalue weighted by molar-refractivity contribution is -0.135. The number of fused-ring (bicyclic) bond motifs is 1. The predicted octanol–water partition coefficient (Wildman–Crippen LogP) is 3.40. The topological polar surface area (TPSA) is 79.7 Å². The van der Waals surface area contributed by atoms with Gasteiger partial charge < -0.3 is 19.5 Å². The molecule has 1 fully saturated rings. The first kappa shape index (κ1) is 25.7. The Morgan fingerprint density at radius 3 is 2.47 bits per heavy atom. The van der Waals surface area contributed by atoms with Crippen molar-refractivity contribution in [3.05, 3.63) is 66.1 Å². The standard InChI is InChI=1S/C28H37N5O3/c1-28(2,3)36-27(35)30-24(19-21-20-31(4)25-11-6-5-10-23(21)25)26(34)33-17-15-32(16-18-33)14-12-22-9-7-8-13-29-22/h5-11,13,20,24H,12,14-19H2,1-4H3,(H,30,35)/t24-/m0/s1. The van der Waals surface area contributed by atoms with Crippen molar-refractivity contribution in [2.45, 2.75) is 45.3 Å². The highest BCUT2D eigenvalue weighted by atomic mass is 16.6. The van der Waals surface area contributed by atoms with Crippen molar-refractivity contribution >= 4 is 22.9 Å². The second kappa shape index (κ2) is 11.1. The van der Waals surface area contributed by atoms with Crippen molar-refractivity contribution in [2.24, 2.45) is 7.05 Å². The summed E-state index contributed by atoms with van der Waals surface area (Å²) < 4.78 is 7.54. The van der Waals surface area contributed by atoms with Gasteiger partial charge in [0.05, 0.1) is 0 Å². The summed E-state index contributed by atoms with van der Waals surface area (Å²) in [4.78, 5) is 34.9. The molecule has 0 radical (unpaired) electrons. The van der Waals surface area contributed by atoms with E-state index in [1.165, 1.54) is 0 Å². The molecule has 3 aromatic rings. The quantitative estimate of drug-likeness (QED) is 0.548. The van der Waals surface area contributed by atoms with Gasteiger partial charge in [-0.1, -0.05) is 24.3 Å². The fourth-order valence-electron chi connectivity index (χ4n) is 4.69. The molecular weight excluding hydrogens is 454 g/mol. The highest BCUT2D eigenvalue weighted by Gasteiger charge is 2.31. The molecule has 0 spiro atoms. The van der Waals surface area contributed by atoms with Crippen LogP contribution in [0.5, 0.6) is 0 Å². The van der Waals surface area contributed by atoms with Gasteiger partial charge in [-0.2, -0.15) is 0 Å². The van der Waals surface area contributed by atoms with E-state index in [2.05, 4.69) is 31.9 Å². The molecule has 1 atom stereocenters. The number of aromatic nitrogens is 2. The van der Waals surface area contributed by atoms with Gasteiger partial charge in [0.2, 0.25) is 5.91 Å². The summed E-state index contributed by atoms with van der Waals surface area (Å²) in [5, 5.41) is 3.95. The van der Waals surface area contributed by atoms with E-state index in [9.17, 15) is 9.59 Å². The summed E-state index contributed by atoms with van der Waals surface area (Å²) in [5.41, 5.74) is 2.55. The molecule has 3 heterocycles. The van der Waals surface area contributed by atoms with Crippen LogP contribution in [-0.4, -0.2) is 75.7 Å². The van der Waals surface area contributed by atoms with Gasteiger partial charge in [-0.3, -0.25) is 14.7 Å². The Labute approximate surface area is 213 Å². The molecule has 0 aliphatic carbocycles. The highest BCUT2D eigenvalue weighted by Crippen LogP contribution is 2.22. The maximum Gasteiger partial charge on any atom is 0.408 e. The predicted molar refractivity (Wildman–Crippen MR) is 141 cm³/mol. The minimum Gasteiger partial charge on any atom is -0.444 e. The van der Waals surface area contributed by atoms with Crippen LogP contribution in [0.4, 0.5) is 4.79 Å². The maximum absolute atomic E-state index is 13.7. The van der Waals surface area contributed by atoms with Gasteiger partial charge in [-0.25, -0.2) is 4.79 Å². The van der Waals surface area contributed by atoms with Gasteiger partial charge in [0.1, 0.15) is 11.6 Å². The number of carbonyl (C=O) groups is 2. The smallest absolute Gasteiger partial charge is 0.408 e. The highest BCUT2D eigenvalue weighted by molar-refractivity contribution is 5.88. The van der Waals surface area contributed by atoms with Gasteiger partial charge >= 0.3 is 6.09 Å². The zero-order valence-corrected chi connectivity index (χ0v) is 21.7. The van der Waals surface area contributed by atoms with Gasteiger partial charge in [0.15, 0.2) is 0 Å². The van der Waals surface area contributed by atoms with Crippen LogP contribution >= 0.6 is 0 Å². The molecule has 0 bridgehead atoms. The number of piperazine rings is 1. The molecule has 192 valence electrons. The molecule has 2 aromatic heterocycles. The van der Waals surface area contributed by atoms with Crippen LogP contribution in [0.3, 0.4) is 0 Å². The van der Waals surface area contributed by atoms with Crippen molar-refractivity contribution < 1.29 is 14.3 Å². The molecule has 0 unspecified atom stereocenters. The molecule has 1 aliphatic rings. The second-order valence-corrected chi connectivity index (χ2v) is 10.4.